The number of carbonyl (C=O) groups excluding carboxylic acids is 1. The van der Waals surface area contributed by atoms with Crippen LogP contribution in [-0.2, 0) is 11.2 Å². The van der Waals surface area contributed by atoms with Crippen LogP contribution in [0.4, 0.5) is 4.39 Å². The molecule has 5 heteroatoms. The van der Waals surface area contributed by atoms with Crippen LogP contribution in [0.15, 0.2) is 24.4 Å². The third-order valence-electron chi connectivity index (χ3n) is 4.17. The molecule has 2 heterocycles. The van der Waals surface area contributed by atoms with Crippen LogP contribution in [0.2, 0.25) is 0 Å². The Hall–Kier alpha value is -1.88. The number of carbonyl (C=O) groups is 1. The van der Waals surface area contributed by atoms with Gasteiger partial charge in [0.25, 0.3) is 0 Å². The van der Waals surface area contributed by atoms with Gasteiger partial charge in [0.15, 0.2) is 0 Å². The van der Waals surface area contributed by atoms with Gasteiger partial charge in [-0.3, -0.25) is 4.79 Å². The lowest BCUT2D eigenvalue weighted by Gasteiger charge is -2.43. The predicted molar refractivity (Wildman–Crippen MR) is 80.6 cm³/mol. The minimum Gasteiger partial charge on any atom is -0.361 e. The van der Waals surface area contributed by atoms with Crippen molar-refractivity contribution in [1.29, 1.82) is 0 Å². The lowest BCUT2D eigenvalue weighted by atomic mass is 9.98. The van der Waals surface area contributed by atoms with E-state index < -0.39 is 0 Å². The molecule has 1 aliphatic rings. The van der Waals surface area contributed by atoms with E-state index in [2.05, 4.69) is 24.1 Å². The molecule has 0 atom stereocenters. The number of aromatic amines is 1. The smallest absolute Gasteiger partial charge is 0.227 e. The second-order valence-electron chi connectivity index (χ2n) is 6.22. The van der Waals surface area contributed by atoms with Crippen LogP contribution in [0, 0.1) is 5.82 Å². The molecule has 21 heavy (non-hydrogen) atoms. The zero-order chi connectivity index (χ0) is 15.0. The number of aromatic nitrogens is 1. The van der Waals surface area contributed by atoms with E-state index >= 15 is 0 Å². The number of fused-ring (bicyclic) bond motifs is 1. The lowest BCUT2D eigenvalue weighted by molar-refractivity contribution is -0.136. The number of halogens is 1. The van der Waals surface area contributed by atoms with Crippen LogP contribution in [0.5, 0.6) is 0 Å². The third kappa shape index (κ3) is 2.65. The fourth-order valence-electron chi connectivity index (χ4n) is 3.01. The molecular weight excluding hydrogens is 269 g/mol. The highest BCUT2D eigenvalue weighted by atomic mass is 19.1. The molecule has 1 aliphatic heterocycles. The van der Waals surface area contributed by atoms with E-state index in [1.165, 1.54) is 12.1 Å². The Balaban J connectivity index is 1.83. The molecule has 0 saturated carbocycles. The number of nitrogens with zero attached hydrogens (tertiary/aromatic N) is 1. The summed E-state index contributed by atoms with van der Waals surface area (Å²) < 4.78 is 13.2. The monoisotopic (exact) mass is 289 g/mol. The number of rotatable bonds is 2. The van der Waals surface area contributed by atoms with Crippen molar-refractivity contribution in [2.45, 2.75) is 25.8 Å². The summed E-state index contributed by atoms with van der Waals surface area (Å²) in [5.74, 6) is -0.155. The summed E-state index contributed by atoms with van der Waals surface area (Å²) >= 11 is 0. The van der Waals surface area contributed by atoms with Crippen molar-refractivity contribution in [3.8, 4) is 0 Å². The van der Waals surface area contributed by atoms with Crippen molar-refractivity contribution in [1.82, 2.24) is 15.2 Å². The Morgan fingerprint density at radius 2 is 2.24 bits per heavy atom. The van der Waals surface area contributed by atoms with Gasteiger partial charge in [-0.05, 0) is 37.6 Å². The van der Waals surface area contributed by atoms with E-state index in [1.807, 2.05) is 4.90 Å². The first-order valence-electron chi connectivity index (χ1n) is 7.24. The fraction of sp³-hybridized carbons (Fsp3) is 0.438. The van der Waals surface area contributed by atoms with Gasteiger partial charge in [0.1, 0.15) is 5.82 Å². The summed E-state index contributed by atoms with van der Waals surface area (Å²) in [4.78, 5) is 17.6. The average molecular weight is 289 g/mol. The van der Waals surface area contributed by atoms with Crippen LogP contribution in [0.25, 0.3) is 10.9 Å². The first-order valence-corrected chi connectivity index (χ1v) is 7.24. The van der Waals surface area contributed by atoms with Crippen molar-refractivity contribution in [3.05, 3.63) is 35.8 Å². The van der Waals surface area contributed by atoms with E-state index in [1.54, 1.807) is 12.3 Å². The third-order valence-corrected chi connectivity index (χ3v) is 4.17. The number of nitrogens with one attached hydrogen (secondary N) is 2. The fourth-order valence-corrected chi connectivity index (χ4v) is 3.01. The maximum atomic E-state index is 13.2. The molecule has 2 aromatic rings. The Kier molecular flexibility index (Phi) is 3.45. The first kappa shape index (κ1) is 14.1. The van der Waals surface area contributed by atoms with Gasteiger partial charge in [-0.15, -0.1) is 0 Å². The van der Waals surface area contributed by atoms with Gasteiger partial charge in [0.05, 0.1) is 6.42 Å². The molecule has 4 nitrogen and oxygen atoms in total. The van der Waals surface area contributed by atoms with Gasteiger partial charge in [0.2, 0.25) is 5.91 Å². The molecule has 3 rings (SSSR count). The number of piperazine rings is 1. The van der Waals surface area contributed by atoms with E-state index in [9.17, 15) is 9.18 Å². The Labute approximate surface area is 123 Å². The number of H-pyrrole nitrogens is 1. The topological polar surface area (TPSA) is 48.1 Å². The van der Waals surface area contributed by atoms with E-state index in [0.29, 0.717) is 6.42 Å². The van der Waals surface area contributed by atoms with E-state index in [-0.39, 0.29) is 17.3 Å². The Morgan fingerprint density at radius 1 is 1.43 bits per heavy atom. The summed E-state index contributed by atoms with van der Waals surface area (Å²) in [6.07, 6.45) is 2.15. The highest BCUT2D eigenvalue weighted by Gasteiger charge is 2.33. The molecule has 1 fully saturated rings. The van der Waals surface area contributed by atoms with E-state index in [4.69, 9.17) is 0 Å². The van der Waals surface area contributed by atoms with Gasteiger partial charge >= 0.3 is 0 Å². The van der Waals surface area contributed by atoms with Gasteiger partial charge < -0.3 is 15.2 Å². The normalized spacial score (nSPS) is 18.1. The number of hydrogen-bond donors (Lipinski definition) is 2. The van der Waals surface area contributed by atoms with Gasteiger partial charge in [-0.25, -0.2) is 4.39 Å². The molecular formula is C16H20FN3O. The minimum absolute atomic E-state index is 0.117. The van der Waals surface area contributed by atoms with Crippen molar-refractivity contribution in [3.63, 3.8) is 0 Å². The predicted octanol–water partition coefficient (Wildman–Crippen LogP) is 2.06. The van der Waals surface area contributed by atoms with Crippen LogP contribution < -0.4 is 5.32 Å². The summed E-state index contributed by atoms with van der Waals surface area (Å²) in [6.45, 7) is 6.50. The summed E-state index contributed by atoms with van der Waals surface area (Å²) in [5.41, 5.74) is 1.48. The van der Waals surface area contributed by atoms with Gasteiger partial charge in [0, 0.05) is 42.3 Å². The van der Waals surface area contributed by atoms with Crippen molar-refractivity contribution in [2.75, 3.05) is 19.6 Å². The Morgan fingerprint density at radius 3 is 3.00 bits per heavy atom. The van der Waals surface area contributed by atoms with Crippen LogP contribution in [0.3, 0.4) is 0 Å². The minimum atomic E-state index is -0.273. The molecule has 0 unspecified atom stereocenters. The zero-order valence-electron chi connectivity index (χ0n) is 12.4. The number of amides is 1. The van der Waals surface area contributed by atoms with E-state index in [0.717, 1.165) is 36.1 Å². The van der Waals surface area contributed by atoms with Crippen LogP contribution >= 0.6 is 0 Å². The average Bonchev–Trinajstić information content (AvgIpc) is 2.80. The lowest BCUT2D eigenvalue weighted by Crippen LogP contribution is -2.60. The second kappa shape index (κ2) is 5.15. The first-order chi connectivity index (χ1) is 9.97. The molecule has 0 aliphatic carbocycles. The molecule has 1 amide bonds. The number of benzene rings is 1. The van der Waals surface area contributed by atoms with Gasteiger partial charge in [-0.1, -0.05) is 0 Å². The number of hydrogen-bond acceptors (Lipinski definition) is 2. The zero-order valence-corrected chi connectivity index (χ0v) is 12.4. The largest absolute Gasteiger partial charge is 0.361 e. The summed E-state index contributed by atoms with van der Waals surface area (Å²) in [5, 5.41) is 4.23. The molecule has 1 aromatic heterocycles. The summed E-state index contributed by atoms with van der Waals surface area (Å²) in [7, 11) is 0. The van der Waals surface area contributed by atoms with Crippen LogP contribution in [-0.4, -0.2) is 41.0 Å². The maximum absolute atomic E-state index is 13.2. The quantitative estimate of drug-likeness (QED) is 0.889. The molecule has 0 bridgehead atoms. The van der Waals surface area contributed by atoms with Crippen molar-refractivity contribution >= 4 is 16.8 Å². The molecule has 0 radical (unpaired) electrons. The molecule has 1 saturated heterocycles. The highest BCUT2D eigenvalue weighted by Crippen LogP contribution is 2.22. The molecule has 2 N–H and O–H groups in total. The SMILES string of the molecule is CC1(C)CNCCN1C(=O)Cc1c[nH]c2cc(F)ccc12. The second-order valence-corrected chi connectivity index (χ2v) is 6.22. The molecule has 0 spiro atoms. The molecule has 112 valence electrons. The standard InChI is InChI=1S/C16H20FN3O/c1-16(2)10-18-5-6-20(16)15(21)7-11-9-19-14-8-12(17)3-4-13(11)14/h3-4,8-9,18-19H,5-7,10H2,1-2H3. The molecule has 1 aromatic carbocycles. The van der Waals surface area contributed by atoms with Gasteiger partial charge in [-0.2, -0.15) is 0 Å². The van der Waals surface area contributed by atoms with Crippen LogP contribution in [0.1, 0.15) is 19.4 Å². The Bertz CT molecular complexity index is 677. The van der Waals surface area contributed by atoms with Crippen molar-refractivity contribution in [2.24, 2.45) is 0 Å². The summed E-state index contributed by atoms with van der Waals surface area (Å²) in [6, 6.07) is 4.61. The maximum Gasteiger partial charge on any atom is 0.227 e. The van der Waals surface area contributed by atoms with Crippen molar-refractivity contribution < 1.29 is 9.18 Å². The highest BCUT2D eigenvalue weighted by molar-refractivity contribution is 5.89.